The van der Waals surface area contributed by atoms with Crippen molar-refractivity contribution >= 4 is 91.2 Å². The van der Waals surface area contributed by atoms with E-state index in [1.807, 2.05) is 122 Å². The zero-order valence-electron chi connectivity index (χ0n) is 36.4. The number of aromatic nitrogens is 4. The van der Waals surface area contributed by atoms with E-state index in [9.17, 15) is 0 Å². The van der Waals surface area contributed by atoms with E-state index in [1.165, 1.54) is 41.5 Å². The van der Waals surface area contributed by atoms with Gasteiger partial charge in [-0.15, -0.1) is 57.1 Å². The van der Waals surface area contributed by atoms with Gasteiger partial charge in [-0.25, -0.2) is 0 Å². The summed E-state index contributed by atoms with van der Waals surface area (Å²) in [7, 11) is 0. The van der Waals surface area contributed by atoms with Gasteiger partial charge < -0.3 is 25.7 Å². The molecule has 0 bridgehead atoms. The Morgan fingerprint density at radius 3 is 1.46 bits per heavy atom. The Kier molecular flexibility index (Phi) is 93.6. The maximum atomic E-state index is 6.96. The monoisotopic (exact) mass is 1290 g/mol. The fourth-order valence-electron chi connectivity index (χ4n) is 3.22. The zero-order chi connectivity index (χ0) is 42.2. The number of thioether (sulfide) groups is 3. The van der Waals surface area contributed by atoms with Crippen LogP contribution in [0.1, 0.15) is 109 Å². The number of hydrogen-bond donors (Lipinski definition) is 2. The first-order valence-corrected chi connectivity index (χ1v) is 24.6. The van der Waals surface area contributed by atoms with Gasteiger partial charge in [-0.1, -0.05) is 133 Å². The molecule has 1 saturated heterocycles. The maximum absolute atomic E-state index is 6.96. The summed E-state index contributed by atoms with van der Waals surface area (Å²) < 4.78 is 0. The third-order valence-electron chi connectivity index (χ3n) is 5.48. The molecule has 0 amide bonds. The number of nitrogens with zero attached hydrogens (tertiary/aromatic N) is 4. The van der Waals surface area contributed by atoms with Gasteiger partial charge in [0.05, 0.1) is 0 Å². The number of hydrogen-bond acceptors (Lipinski definition) is 8. The number of nitrogens with two attached hydrogens (primary N) is 1. The summed E-state index contributed by atoms with van der Waals surface area (Å²) >= 11 is 24.7. The van der Waals surface area contributed by atoms with Crippen LogP contribution in [0.2, 0.25) is 0 Å². The van der Waals surface area contributed by atoms with Crippen LogP contribution in [0.4, 0.5) is 0 Å². The molecule has 5 heterocycles. The van der Waals surface area contributed by atoms with Crippen LogP contribution in [0.3, 0.4) is 0 Å². The molecule has 4 aromatic heterocycles. The van der Waals surface area contributed by atoms with Gasteiger partial charge in [-0.3, -0.25) is 5.41 Å². The van der Waals surface area contributed by atoms with Crippen LogP contribution < -0.4 is 5.73 Å². The van der Waals surface area contributed by atoms with Crippen molar-refractivity contribution in [3.8, 4) is 0 Å². The average Bonchev–Trinajstić information content (AvgIpc) is 3.83. The molecular weight excluding hydrogens is 1230 g/mol. The van der Waals surface area contributed by atoms with Gasteiger partial charge in [-0.05, 0) is 42.9 Å². The van der Waals surface area contributed by atoms with Gasteiger partial charge >= 0.3 is 0 Å². The quantitative estimate of drug-likeness (QED) is 0.0504. The van der Waals surface area contributed by atoms with E-state index >= 15 is 0 Å². The summed E-state index contributed by atoms with van der Waals surface area (Å²) in [5.41, 5.74) is 9.87. The first-order chi connectivity index (χ1) is 27.0. The van der Waals surface area contributed by atoms with E-state index in [2.05, 4.69) is 66.7 Å². The predicted molar refractivity (Wildman–Crippen MR) is 256 cm³/mol. The Morgan fingerprint density at radius 2 is 1.15 bits per heavy atom. The number of alkyl halides is 4. The molecule has 6 nitrogen and oxygen atoms in total. The Labute approximate surface area is 497 Å². The molecule has 0 aliphatic carbocycles. The molecule has 5 rings (SSSR count). The van der Waals surface area contributed by atoms with Crippen LogP contribution in [0.15, 0.2) is 73.3 Å². The number of nitrogens with one attached hydrogen (secondary N) is 1. The molecule has 59 heavy (non-hydrogen) atoms. The molecule has 4 radical (unpaired) electrons. The number of amidine groups is 1. The van der Waals surface area contributed by atoms with E-state index in [4.69, 9.17) is 45.9 Å². The van der Waals surface area contributed by atoms with Gasteiger partial charge in [0.1, 0.15) is 0 Å². The van der Waals surface area contributed by atoms with Crippen molar-refractivity contribution in [2.45, 2.75) is 104 Å². The fourth-order valence-corrected chi connectivity index (χ4v) is 7.08. The molecule has 0 spiro atoms. The SMILES string of the molecule is CC.CC.CC.CC.ClCCCBr.ClCCCSCc1cc[c-]nc1.ClCc1cc[c-]nc1.N=C(N)SCc1cc[c-]nc1.[Y].[Y].[Y].[Y].[c-]1ccc(C2CCCS2)cn1. The standard InChI is InChI=1S/C9H11ClNS.C9H10NS.C7H8N3S.C6H5ClN.C3H6BrCl.4C2H6.4Y/c10-4-2-6-12-8-9-3-1-5-11-7-9;1-3-8(7-10-5-1)9-4-2-6-11-9;8-7(9)11-5-6-2-1-3-10-4-6;7-4-6-2-1-3-8-5-6;4-2-1-3-5;4*1-2;;;;/h1,3,7H,2,4,6,8H2;1,3,7,9H,2,4,6H2;1-2,4H,5H2,(H3,8,9);1-2,5H,4H2;1-3H2;4*1-2H3;;;;/q4*-1;;;;;;;;;. The molecular formula is C42H64BrCl3N6S3Y4-4. The summed E-state index contributed by atoms with van der Waals surface area (Å²) in [5.74, 6) is 6.22. The summed E-state index contributed by atoms with van der Waals surface area (Å²) in [5, 5.41) is 8.82. The van der Waals surface area contributed by atoms with Crippen molar-refractivity contribution in [1.29, 1.82) is 5.41 Å². The van der Waals surface area contributed by atoms with Crippen molar-refractivity contribution < 1.29 is 131 Å². The minimum Gasteiger partial charge on any atom is -0.394 e. The van der Waals surface area contributed by atoms with Crippen molar-refractivity contribution in [2.24, 2.45) is 5.73 Å². The predicted octanol–water partition coefficient (Wildman–Crippen LogP) is 13.9. The second-order valence-corrected chi connectivity index (χ2v) is 14.5. The fraction of sp³-hybridized carbons (Fsp3) is 0.500. The molecule has 3 N–H and O–H groups in total. The summed E-state index contributed by atoms with van der Waals surface area (Å²) in [4.78, 5) is 15.5. The molecule has 0 aromatic carbocycles. The molecule has 0 saturated carbocycles. The van der Waals surface area contributed by atoms with Gasteiger partial charge in [0, 0.05) is 165 Å². The average molecular weight is 1290 g/mol. The Bertz CT molecular complexity index is 1270. The van der Waals surface area contributed by atoms with Gasteiger partial charge in [0.2, 0.25) is 0 Å². The van der Waals surface area contributed by atoms with Crippen molar-refractivity contribution in [3.63, 3.8) is 0 Å². The molecule has 1 aliphatic heterocycles. The third-order valence-corrected chi connectivity index (χ3v) is 10.2. The number of rotatable bonds is 11. The normalized spacial score (nSPS) is 10.6. The van der Waals surface area contributed by atoms with Crippen LogP contribution in [0.25, 0.3) is 0 Å². The van der Waals surface area contributed by atoms with Crippen molar-refractivity contribution in [3.05, 3.63) is 120 Å². The minimum atomic E-state index is 0. The molecule has 1 fully saturated rings. The van der Waals surface area contributed by atoms with Gasteiger partial charge in [0.15, 0.2) is 5.17 Å². The Balaban J connectivity index is -0.0000000880. The van der Waals surface area contributed by atoms with Crippen molar-refractivity contribution in [2.75, 3.05) is 28.6 Å². The summed E-state index contributed by atoms with van der Waals surface area (Å²) in [6.45, 7) is 16.0. The van der Waals surface area contributed by atoms with E-state index < -0.39 is 0 Å². The van der Waals surface area contributed by atoms with E-state index in [1.54, 1.807) is 24.5 Å². The maximum Gasteiger partial charge on any atom is 0.151 e. The molecule has 4 aromatic rings. The molecule has 1 aliphatic rings. The molecule has 324 valence electrons. The second kappa shape index (κ2) is 69.9. The topological polar surface area (TPSA) is 101 Å². The first-order valence-electron chi connectivity index (χ1n) is 18.7. The van der Waals surface area contributed by atoms with E-state index in [-0.39, 0.29) is 136 Å². The second-order valence-electron chi connectivity index (χ2n) is 9.22. The Morgan fingerprint density at radius 1 is 0.712 bits per heavy atom. The summed E-state index contributed by atoms with van der Waals surface area (Å²) in [6, 6.07) is 15.2. The largest absolute Gasteiger partial charge is 0.394 e. The molecule has 1 unspecified atom stereocenters. The van der Waals surface area contributed by atoms with E-state index in [0.29, 0.717) is 16.9 Å². The zero-order valence-corrected chi connectivity index (χ0v) is 54.1. The number of halogens is 4. The number of pyridine rings is 4. The molecule has 1 atom stereocenters. The smallest absolute Gasteiger partial charge is 0.151 e. The third kappa shape index (κ3) is 57.0. The van der Waals surface area contributed by atoms with E-state index in [0.717, 1.165) is 52.6 Å². The Hall–Kier alpha value is 2.89. The van der Waals surface area contributed by atoms with Gasteiger partial charge in [0.25, 0.3) is 0 Å². The van der Waals surface area contributed by atoms with Crippen LogP contribution in [-0.4, -0.2) is 53.7 Å². The van der Waals surface area contributed by atoms with Gasteiger partial charge in [-0.2, -0.15) is 72.1 Å². The minimum absolute atomic E-state index is 0. The van der Waals surface area contributed by atoms with Crippen LogP contribution in [0.5, 0.6) is 0 Å². The van der Waals surface area contributed by atoms with Crippen LogP contribution in [-0.2, 0) is 148 Å². The molecule has 17 heteroatoms. The van der Waals surface area contributed by atoms with Crippen LogP contribution >= 0.6 is 86.0 Å². The summed E-state index contributed by atoms with van der Waals surface area (Å²) in [6.07, 6.45) is 22.9. The van der Waals surface area contributed by atoms with Crippen molar-refractivity contribution in [1.82, 2.24) is 19.9 Å². The first kappa shape index (κ1) is 79.0. The van der Waals surface area contributed by atoms with Crippen LogP contribution in [0, 0.1) is 30.2 Å².